The quantitative estimate of drug-likeness (QED) is 0.504. The molecule has 3 atom stereocenters. The van der Waals surface area contributed by atoms with Crippen molar-refractivity contribution in [3.8, 4) is 0 Å². The minimum absolute atomic E-state index is 0.0779. The van der Waals surface area contributed by atoms with Crippen LogP contribution < -0.4 is 0 Å². The zero-order valence-corrected chi connectivity index (χ0v) is 16.9. The van der Waals surface area contributed by atoms with Gasteiger partial charge in [0.25, 0.3) is 0 Å². The van der Waals surface area contributed by atoms with Crippen molar-refractivity contribution in [1.29, 1.82) is 0 Å². The molecule has 25 heavy (non-hydrogen) atoms. The summed E-state index contributed by atoms with van der Waals surface area (Å²) in [6.45, 7) is 9.75. The third-order valence-electron chi connectivity index (χ3n) is 6.36. The van der Waals surface area contributed by atoms with Gasteiger partial charge in [0.1, 0.15) is 0 Å². The fourth-order valence-electron chi connectivity index (χ4n) is 5.53. The lowest BCUT2D eigenvalue weighted by Crippen LogP contribution is -2.15. The van der Waals surface area contributed by atoms with Gasteiger partial charge in [-0.2, -0.15) is 0 Å². The molecule has 1 saturated carbocycles. The summed E-state index contributed by atoms with van der Waals surface area (Å²) in [5, 5.41) is 1.79. The monoisotopic (exact) mass is 350 g/mol. The second-order valence-electron chi connectivity index (χ2n) is 8.60. The van der Waals surface area contributed by atoms with Crippen LogP contribution >= 0.6 is 7.92 Å². The number of allylic oxidation sites excluding steroid dienone is 5. The fraction of sp³-hybridized carbons (Fsp3) is 0.500. The first kappa shape index (κ1) is 17.3. The Morgan fingerprint density at radius 2 is 1.48 bits per heavy atom. The first-order valence-corrected chi connectivity index (χ1v) is 11.5. The van der Waals surface area contributed by atoms with Gasteiger partial charge in [-0.3, -0.25) is 0 Å². The number of benzene rings is 1. The summed E-state index contributed by atoms with van der Waals surface area (Å²) in [6, 6.07) is 9.20. The Balaban J connectivity index is 1.71. The molecule has 0 N–H and O–H groups in total. The van der Waals surface area contributed by atoms with Gasteiger partial charge in [0, 0.05) is 5.92 Å². The number of fused-ring (bicyclic) bond motifs is 2. The molecule has 0 spiro atoms. The van der Waals surface area contributed by atoms with E-state index in [4.69, 9.17) is 0 Å². The lowest BCUT2D eigenvalue weighted by atomic mass is 9.85. The highest BCUT2D eigenvalue weighted by atomic mass is 31.1. The molecule has 0 amide bonds. The molecule has 0 aromatic heterocycles. The van der Waals surface area contributed by atoms with Crippen LogP contribution in [-0.4, -0.2) is 11.3 Å². The number of rotatable bonds is 4. The van der Waals surface area contributed by atoms with E-state index in [0.717, 1.165) is 29.1 Å². The summed E-state index contributed by atoms with van der Waals surface area (Å²) in [4.78, 5) is 0. The molecule has 3 aliphatic carbocycles. The summed E-state index contributed by atoms with van der Waals surface area (Å²) in [6.07, 6.45) is 14.8. The van der Waals surface area contributed by atoms with Crippen molar-refractivity contribution in [1.82, 2.24) is 0 Å². The van der Waals surface area contributed by atoms with Crippen LogP contribution in [0.25, 0.3) is 6.08 Å². The maximum Gasteiger partial charge on any atom is 0.0129 e. The largest absolute Gasteiger partial charge is 0.0808 e. The van der Waals surface area contributed by atoms with E-state index in [1.165, 1.54) is 18.4 Å². The summed E-state index contributed by atoms with van der Waals surface area (Å²) in [5.74, 6) is 3.01. The molecule has 0 radical (unpaired) electrons. The van der Waals surface area contributed by atoms with Crippen molar-refractivity contribution in [2.45, 2.75) is 57.8 Å². The minimum Gasteiger partial charge on any atom is -0.0808 e. The van der Waals surface area contributed by atoms with Gasteiger partial charge in [-0.15, -0.1) is 0 Å². The van der Waals surface area contributed by atoms with Crippen LogP contribution in [0.5, 0.6) is 0 Å². The van der Waals surface area contributed by atoms with Gasteiger partial charge in [-0.25, -0.2) is 0 Å². The standard InChI is InChI=1S/C24H31P/c1-16(2)25(17(3)4)23-15-20-11-7-8-12-22(20)24(23)21-13-18-9-5-6-10-19(18)14-21/h5-12,15-19,21,24H,13-14H2,1-4H3. The first-order valence-electron chi connectivity index (χ1n) is 10.00. The Labute approximate surface area is 154 Å². The average Bonchev–Trinajstić information content (AvgIpc) is 3.14. The lowest BCUT2D eigenvalue weighted by molar-refractivity contribution is 0.478. The van der Waals surface area contributed by atoms with Crippen molar-refractivity contribution in [3.05, 3.63) is 65.0 Å². The maximum absolute atomic E-state index is 2.58. The Morgan fingerprint density at radius 1 is 0.880 bits per heavy atom. The minimum atomic E-state index is -0.0779. The average molecular weight is 350 g/mol. The van der Waals surface area contributed by atoms with Gasteiger partial charge in [-0.05, 0) is 58.4 Å². The second-order valence-corrected chi connectivity index (χ2v) is 12.0. The summed E-state index contributed by atoms with van der Waals surface area (Å²) >= 11 is 0. The Hall–Kier alpha value is -1.13. The second kappa shape index (κ2) is 6.88. The molecule has 4 rings (SSSR count). The molecular weight excluding hydrogens is 319 g/mol. The van der Waals surface area contributed by atoms with Gasteiger partial charge in [-0.1, -0.05) is 90.3 Å². The van der Waals surface area contributed by atoms with Crippen LogP contribution in [-0.2, 0) is 0 Å². The van der Waals surface area contributed by atoms with Gasteiger partial charge >= 0.3 is 0 Å². The van der Waals surface area contributed by atoms with Crippen LogP contribution in [0, 0.1) is 17.8 Å². The third-order valence-corrected chi connectivity index (χ3v) is 9.59. The predicted octanol–water partition coefficient (Wildman–Crippen LogP) is 7.19. The highest BCUT2D eigenvalue weighted by molar-refractivity contribution is 7.63. The van der Waals surface area contributed by atoms with E-state index in [1.54, 1.807) is 10.9 Å². The summed E-state index contributed by atoms with van der Waals surface area (Å²) in [7, 11) is -0.0779. The van der Waals surface area contributed by atoms with E-state index in [1.807, 2.05) is 0 Å². The molecule has 0 heterocycles. The van der Waals surface area contributed by atoms with Crippen LogP contribution in [0.3, 0.4) is 0 Å². The SMILES string of the molecule is CC(C)P(C1=Cc2ccccc2C1C1CC2C=CC=CC2C1)C(C)C. The Morgan fingerprint density at radius 3 is 2.08 bits per heavy atom. The van der Waals surface area contributed by atoms with Crippen molar-refractivity contribution < 1.29 is 0 Å². The fourth-order valence-corrected chi connectivity index (χ4v) is 8.87. The molecule has 1 aromatic carbocycles. The van der Waals surface area contributed by atoms with Gasteiger partial charge < -0.3 is 0 Å². The maximum atomic E-state index is 2.58. The van der Waals surface area contributed by atoms with Crippen molar-refractivity contribution in [2.24, 2.45) is 17.8 Å². The van der Waals surface area contributed by atoms with E-state index in [-0.39, 0.29) is 7.92 Å². The Bertz CT molecular complexity index is 693. The molecule has 1 aromatic rings. The summed E-state index contributed by atoms with van der Waals surface area (Å²) in [5.41, 5.74) is 4.64. The van der Waals surface area contributed by atoms with Crippen molar-refractivity contribution in [2.75, 3.05) is 0 Å². The highest BCUT2D eigenvalue weighted by Crippen LogP contribution is 2.64. The van der Waals surface area contributed by atoms with Gasteiger partial charge in [0.15, 0.2) is 0 Å². The van der Waals surface area contributed by atoms with Crippen molar-refractivity contribution >= 4 is 14.0 Å². The van der Waals surface area contributed by atoms with E-state index in [2.05, 4.69) is 82.3 Å². The zero-order valence-electron chi connectivity index (χ0n) is 16.0. The molecular formula is C24H31P. The van der Waals surface area contributed by atoms with Crippen molar-refractivity contribution in [3.63, 3.8) is 0 Å². The Kier molecular flexibility index (Phi) is 4.76. The topological polar surface area (TPSA) is 0 Å². The molecule has 0 saturated heterocycles. The normalized spacial score (nSPS) is 30.3. The van der Waals surface area contributed by atoms with E-state index >= 15 is 0 Å². The zero-order chi connectivity index (χ0) is 17.6. The molecule has 3 unspecified atom stereocenters. The van der Waals surface area contributed by atoms with E-state index in [9.17, 15) is 0 Å². The summed E-state index contributed by atoms with van der Waals surface area (Å²) < 4.78 is 0. The van der Waals surface area contributed by atoms with E-state index in [0.29, 0.717) is 5.92 Å². The molecule has 3 aliphatic rings. The molecule has 0 nitrogen and oxygen atoms in total. The van der Waals surface area contributed by atoms with Crippen LogP contribution in [0.1, 0.15) is 57.6 Å². The molecule has 1 heteroatoms. The third kappa shape index (κ3) is 3.08. The molecule has 0 aliphatic heterocycles. The van der Waals surface area contributed by atoms with Gasteiger partial charge in [0.2, 0.25) is 0 Å². The van der Waals surface area contributed by atoms with E-state index < -0.39 is 0 Å². The predicted molar refractivity (Wildman–Crippen MR) is 112 cm³/mol. The van der Waals surface area contributed by atoms with Crippen LogP contribution in [0.15, 0.2) is 53.9 Å². The van der Waals surface area contributed by atoms with Crippen LogP contribution in [0.4, 0.5) is 0 Å². The van der Waals surface area contributed by atoms with Crippen LogP contribution in [0.2, 0.25) is 0 Å². The number of hydrogen-bond acceptors (Lipinski definition) is 0. The smallest absolute Gasteiger partial charge is 0.0129 e. The first-order chi connectivity index (χ1) is 12.1. The van der Waals surface area contributed by atoms with Gasteiger partial charge in [0.05, 0.1) is 0 Å². The molecule has 1 fully saturated rings. The number of hydrogen-bond donors (Lipinski definition) is 0. The molecule has 132 valence electrons. The molecule has 0 bridgehead atoms. The highest BCUT2D eigenvalue weighted by Gasteiger charge is 2.42. The lowest BCUT2D eigenvalue weighted by Gasteiger charge is -2.34.